The van der Waals surface area contributed by atoms with E-state index in [0.29, 0.717) is 5.78 Å². The van der Waals surface area contributed by atoms with E-state index in [1.807, 2.05) is 34.7 Å². The molecule has 0 amide bonds. The molecule has 0 fully saturated rings. The second-order valence-electron chi connectivity index (χ2n) is 4.43. The summed E-state index contributed by atoms with van der Waals surface area (Å²) < 4.78 is 0. The van der Waals surface area contributed by atoms with Crippen LogP contribution in [0.3, 0.4) is 0 Å². The summed E-state index contributed by atoms with van der Waals surface area (Å²) in [7, 11) is 2.02. The molecule has 0 heterocycles. The maximum atomic E-state index is 12.0. The van der Waals surface area contributed by atoms with Crippen LogP contribution in [-0.4, -0.2) is 36.9 Å². The van der Waals surface area contributed by atoms with E-state index in [1.165, 1.54) is 0 Å². The number of ketones is 1. The fraction of sp³-hybridized carbons (Fsp3) is 0.929. The van der Waals surface area contributed by atoms with Crippen LogP contribution in [0, 0.1) is 5.92 Å². The van der Waals surface area contributed by atoms with Gasteiger partial charge in [0.25, 0.3) is 0 Å². The SMILES string of the molecule is CC.CCN(C)C(CCCCN)C(=O)C(C)C. The highest BCUT2D eigenvalue weighted by atomic mass is 16.1. The molecule has 0 saturated heterocycles. The fourth-order valence-corrected chi connectivity index (χ4v) is 1.67. The predicted molar refractivity (Wildman–Crippen MR) is 76.2 cm³/mol. The monoisotopic (exact) mass is 244 g/mol. The lowest BCUT2D eigenvalue weighted by Crippen LogP contribution is -2.40. The number of nitrogens with two attached hydrogens (primary N) is 1. The van der Waals surface area contributed by atoms with E-state index in [4.69, 9.17) is 5.73 Å². The number of unbranched alkanes of at least 4 members (excludes halogenated alkanes) is 1. The summed E-state index contributed by atoms with van der Waals surface area (Å²) in [6.07, 6.45) is 3.00. The molecule has 0 aliphatic rings. The number of rotatable bonds is 8. The Labute approximate surface area is 108 Å². The number of hydrogen-bond donors (Lipinski definition) is 1. The van der Waals surface area contributed by atoms with E-state index < -0.39 is 0 Å². The summed E-state index contributed by atoms with van der Waals surface area (Å²) in [6.45, 7) is 11.7. The summed E-state index contributed by atoms with van der Waals surface area (Å²) in [5.41, 5.74) is 5.46. The van der Waals surface area contributed by atoms with Crippen molar-refractivity contribution >= 4 is 5.78 Å². The van der Waals surface area contributed by atoms with Crippen molar-refractivity contribution in [3.05, 3.63) is 0 Å². The van der Waals surface area contributed by atoms with Gasteiger partial charge in [0.05, 0.1) is 6.04 Å². The number of carbonyl (C=O) groups is 1. The van der Waals surface area contributed by atoms with Crippen LogP contribution in [0.2, 0.25) is 0 Å². The van der Waals surface area contributed by atoms with Crippen molar-refractivity contribution < 1.29 is 4.79 Å². The molecule has 0 aliphatic heterocycles. The molecule has 0 aliphatic carbocycles. The first-order valence-electron chi connectivity index (χ1n) is 6.98. The molecular weight excluding hydrogens is 212 g/mol. The van der Waals surface area contributed by atoms with Crippen LogP contribution < -0.4 is 5.73 Å². The van der Waals surface area contributed by atoms with Gasteiger partial charge in [-0.25, -0.2) is 0 Å². The zero-order valence-electron chi connectivity index (χ0n) is 12.6. The van der Waals surface area contributed by atoms with Crippen molar-refractivity contribution in [3.63, 3.8) is 0 Å². The summed E-state index contributed by atoms with van der Waals surface area (Å²) in [5, 5.41) is 0. The molecule has 0 radical (unpaired) electrons. The molecule has 0 aromatic rings. The smallest absolute Gasteiger partial charge is 0.152 e. The molecule has 3 nitrogen and oxygen atoms in total. The van der Waals surface area contributed by atoms with E-state index >= 15 is 0 Å². The first-order valence-corrected chi connectivity index (χ1v) is 6.98. The molecular formula is C14H32N2O. The minimum atomic E-state index is 0.0848. The normalized spacial score (nSPS) is 12.3. The van der Waals surface area contributed by atoms with Crippen molar-refractivity contribution in [2.45, 2.75) is 59.9 Å². The fourth-order valence-electron chi connectivity index (χ4n) is 1.67. The molecule has 0 aromatic carbocycles. The first kappa shape index (κ1) is 18.9. The maximum absolute atomic E-state index is 12.0. The van der Waals surface area contributed by atoms with Gasteiger partial charge in [0.2, 0.25) is 0 Å². The molecule has 1 atom stereocenters. The first-order chi connectivity index (χ1) is 8.04. The Balaban J connectivity index is 0. The highest BCUT2D eigenvalue weighted by Crippen LogP contribution is 2.12. The number of nitrogens with zero attached hydrogens (tertiary/aromatic N) is 1. The molecule has 2 N–H and O–H groups in total. The Morgan fingerprint density at radius 2 is 1.76 bits per heavy atom. The van der Waals surface area contributed by atoms with Gasteiger partial charge in [-0.1, -0.05) is 41.0 Å². The number of carbonyl (C=O) groups excluding carboxylic acids is 1. The summed E-state index contributed by atoms with van der Waals surface area (Å²) >= 11 is 0. The molecule has 0 spiro atoms. The molecule has 17 heavy (non-hydrogen) atoms. The molecule has 0 bridgehead atoms. The molecule has 104 valence electrons. The van der Waals surface area contributed by atoms with Crippen LogP contribution in [0.5, 0.6) is 0 Å². The van der Waals surface area contributed by atoms with Gasteiger partial charge < -0.3 is 5.73 Å². The van der Waals surface area contributed by atoms with Crippen molar-refractivity contribution in [2.24, 2.45) is 11.7 Å². The second-order valence-corrected chi connectivity index (χ2v) is 4.43. The van der Waals surface area contributed by atoms with Gasteiger partial charge in [0.1, 0.15) is 0 Å². The Kier molecular flexibility index (Phi) is 13.4. The Hall–Kier alpha value is -0.410. The lowest BCUT2D eigenvalue weighted by atomic mass is 9.96. The van der Waals surface area contributed by atoms with E-state index in [-0.39, 0.29) is 12.0 Å². The lowest BCUT2D eigenvalue weighted by Gasteiger charge is -2.27. The van der Waals surface area contributed by atoms with Crippen LogP contribution in [0.15, 0.2) is 0 Å². The molecule has 1 unspecified atom stereocenters. The van der Waals surface area contributed by atoms with Gasteiger partial charge >= 0.3 is 0 Å². The van der Waals surface area contributed by atoms with Gasteiger partial charge in [0, 0.05) is 5.92 Å². The topological polar surface area (TPSA) is 46.3 Å². The number of Topliss-reactive ketones (excluding diaryl/α,β-unsaturated/α-hetero) is 1. The zero-order valence-corrected chi connectivity index (χ0v) is 12.6. The summed E-state index contributed by atoms with van der Waals surface area (Å²) in [4.78, 5) is 14.1. The third kappa shape index (κ3) is 8.33. The van der Waals surface area contributed by atoms with Gasteiger partial charge in [-0.15, -0.1) is 0 Å². The minimum absolute atomic E-state index is 0.0848. The largest absolute Gasteiger partial charge is 0.330 e. The molecule has 3 heteroatoms. The van der Waals surface area contributed by atoms with E-state index in [9.17, 15) is 4.79 Å². The molecule has 0 rings (SSSR count). The van der Waals surface area contributed by atoms with Gasteiger partial charge in [-0.3, -0.25) is 9.69 Å². The quantitative estimate of drug-likeness (QED) is 0.668. The van der Waals surface area contributed by atoms with Crippen LogP contribution in [0.1, 0.15) is 53.9 Å². The third-order valence-electron chi connectivity index (χ3n) is 2.86. The molecule has 0 aromatic heterocycles. The van der Waals surface area contributed by atoms with Gasteiger partial charge in [0.15, 0.2) is 5.78 Å². The average Bonchev–Trinajstić information content (AvgIpc) is 2.35. The number of likely N-dealkylation sites (N-methyl/N-ethyl adjacent to an activating group) is 1. The zero-order chi connectivity index (χ0) is 13.8. The summed E-state index contributed by atoms with van der Waals surface area (Å²) in [6, 6.07) is 0.0848. The standard InChI is InChI=1S/C12H26N2O.C2H6/c1-5-14(4)11(8-6-7-9-13)12(15)10(2)3;1-2/h10-11H,5-9,13H2,1-4H3;1-2H3. The van der Waals surface area contributed by atoms with Crippen molar-refractivity contribution in [2.75, 3.05) is 20.1 Å². The van der Waals surface area contributed by atoms with Crippen molar-refractivity contribution in [3.8, 4) is 0 Å². The molecule has 0 saturated carbocycles. The predicted octanol–water partition coefficient (Wildman–Crippen LogP) is 2.69. The number of hydrogen-bond acceptors (Lipinski definition) is 3. The highest BCUT2D eigenvalue weighted by molar-refractivity contribution is 5.85. The highest BCUT2D eigenvalue weighted by Gasteiger charge is 2.23. The Morgan fingerprint density at radius 3 is 2.12 bits per heavy atom. The average molecular weight is 244 g/mol. The van der Waals surface area contributed by atoms with Gasteiger partial charge in [-0.2, -0.15) is 0 Å². The second kappa shape index (κ2) is 12.1. The van der Waals surface area contributed by atoms with Crippen LogP contribution in [0.4, 0.5) is 0 Å². The van der Waals surface area contributed by atoms with Crippen LogP contribution in [-0.2, 0) is 4.79 Å². The van der Waals surface area contributed by atoms with E-state index in [0.717, 1.165) is 32.4 Å². The van der Waals surface area contributed by atoms with Crippen molar-refractivity contribution in [1.29, 1.82) is 0 Å². The Morgan fingerprint density at radius 1 is 1.24 bits per heavy atom. The van der Waals surface area contributed by atoms with E-state index in [1.54, 1.807) is 0 Å². The summed E-state index contributed by atoms with van der Waals surface area (Å²) in [5.74, 6) is 0.484. The van der Waals surface area contributed by atoms with Gasteiger partial charge in [-0.05, 0) is 33.0 Å². The van der Waals surface area contributed by atoms with Crippen molar-refractivity contribution in [1.82, 2.24) is 4.90 Å². The minimum Gasteiger partial charge on any atom is -0.330 e. The lowest BCUT2D eigenvalue weighted by molar-refractivity contribution is -0.127. The maximum Gasteiger partial charge on any atom is 0.152 e. The Bertz CT molecular complexity index is 181. The van der Waals surface area contributed by atoms with E-state index in [2.05, 4.69) is 11.8 Å². The third-order valence-corrected chi connectivity index (χ3v) is 2.86. The van der Waals surface area contributed by atoms with Crippen LogP contribution >= 0.6 is 0 Å². The van der Waals surface area contributed by atoms with Crippen LogP contribution in [0.25, 0.3) is 0 Å².